The van der Waals surface area contributed by atoms with Crippen molar-refractivity contribution in [2.75, 3.05) is 13.2 Å². The van der Waals surface area contributed by atoms with Gasteiger partial charge in [0.2, 0.25) is 0 Å². The molecule has 0 atom stereocenters. The van der Waals surface area contributed by atoms with Gasteiger partial charge in [0, 0.05) is 0 Å². The first kappa shape index (κ1) is 10.6. The topological polar surface area (TPSA) is 35.2 Å². The van der Waals surface area contributed by atoms with Crippen molar-refractivity contribution >= 4 is 0 Å². The summed E-state index contributed by atoms with van der Waals surface area (Å²) in [6.07, 6.45) is 0.886. The van der Waals surface area contributed by atoms with Gasteiger partial charge in [-0.1, -0.05) is 18.1 Å². The van der Waals surface area contributed by atoms with Gasteiger partial charge in [-0.15, -0.1) is 5.92 Å². The Balaban J connectivity index is 2.57. The van der Waals surface area contributed by atoms with Gasteiger partial charge in [0.25, 0.3) is 0 Å². The van der Waals surface area contributed by atoms with Crippen LogP contribution in [-0.4, -0.2) is 13.2 Å². The highest BCUT2D eigenvalue weighted by molar-refractivity contribution is 5.29. The van der Waals surface area contributed by atoms with Gasteiger partial charge in [-0.3, -0.25) is 0 Å². The van der Waals surface area contributed by atoms with Crippen molar-refractivity contribution in [1.82, 2.24) is 0 Å². The molecule has 0 bridgehead atoms. The lowest BCUT2D eigenvalue weighted by Crippen LogP contribution is -2.03. The Morgan fingerprint density at radius 2 is 2.29 bits per heavy atom. The van der Waals surface area contributed by atoms with Crippen LogP contribution in [0.25, 0.3) is 0 Å². The molecule has 0 aliphatic heterocycles. The van der Waals surface area contributed by atoms with Gasteiger partial charge in [0.1, 0.15) is 12.4 Å². The third kappa shape index (κ3) is 3.51. The monoisotopic (exact) mass is 189 g/mol. The van der Waals surface area contributed by atoms with Gasteiger partial charge in [-0.25, -0.2) is 0 Å². The molecule has 0 amide bonds. The SMILES string of the molecule is CC#CCOc1cccc(CCN)c1. The van der Waals surface area contributed by atoms with Crippen LogP contribution in [0.5, 0.6) is 5.75 Å². The van der Waals surface area contributed by atoms with Gasteiger partial charge in [-0.2, -0.15) is 0 Å². The summed E-state index contributed by atoms with van der Waals surface area (Å²) in [5.74, 6) is 6.49. The van der Waals surface area contributed by atoms with E-state index in [9.17, 15) is 0 Å². The van der Waals surface area contributed by atoms with E-state index < -0.39 is 0 Å². The molecule has 74 valence electrons. The van der Waals surface area contributed by atoms with Crippen molar-refractivity contribution in [1.29, 1.82) is 0 Å². The molecule has 1 aromatic carbocycles. The molecule has 1 rings (SSSR count). The Hall–Kier alpha value is -1.46. The number of nitrogens with two attached hydrogens (primary N) is 1. The first-order valence-electron chi connectivity index (χ1n) is 4.68. The average Bonchev–Trinajstić information content (AvgIpc) is 2.19. The van der Waals surface area contributed by atoms with E-state index in [1.165, 1.54) is 5.56 Å². The maximum Gasteiger partial charge on any atom is 0.149 e. The van der Waals surface area contributed by atoms with E-state index in [0.717, 1.165) is 12.2 Å². The lowest BCUT2D eigenvalue weighted by atomic mass is 10.1. The normalized spacial score (nSPS) is 9.00. The number of rotatable bonds is 4. The van der Waals surface area contributed by atoms with Gasteiger partial charge in [0.05, 0.1) is 0 Å². The molecule has 0 spiro atoms. The third-order valence-electron chi connectivity index (χ3n) is 1.82. The summed E-state index contributed by atoms with van der Waals surface area (Å²) in [6, 6.07) is 7.95. The zero-order chi connectivity index (χ0) is 10.2. The molecular formula is C12H15NO. The summed E-state index contributed by atoms with van der Waals surface area (Å²) in [4.78, 5) is 0. The standard InChI is InChI=1S/C12H15NO/c1-2-3-9-14-12-6-4-5-11(10-12)7-8-13/h4-6,10H,7-9,13H2,1H3. The second-order valence-electron chi connectivity index (χ2n) is 2.90. The van der Waals surface area contributed by atoms with Gasteiger partial charge in [-0.05, 0) is 37.6 Å². The van der Waals surface area contributed by atoms with Crippen LogP contribution >= 0.6 is 0 Å². The zero-order valence-corrected chi connectivity index (χ0v) is 8.42. The van der Waals surface area contributed by atoms with Gasteiger partial charge < -0.3 is 10.5 Å². The predicted molar refractivity (Wildman–Crippen MR) is 58.1 cm³/mol. The molecule has 0 aliphatic rings. The number of benzene rings is 1. The van der Waals surface area contributed by atoms with Crippen molar-refractivity contribution in [3.63, 3.8) is 0 Å². The first-order chi connectivity index (χ1) is 6.86. The van der Waals surface area contributed by atoms with Crippen molar-refractivity contribution in [2.45, 2.75) is 13.3 Å². The molecule has 2 N–H and O–H groups in total. The van der Waals surface area contributed by atoms with Crippen molar-refractivity contribution in [3.05, 3.63) is 29.8 Å². The quantitative estimate of drug-likeness (QED) is 0.730. The summed E-state index contributed by atoms with van der Waals surface area (Å²) in [5.41, 5.74) is 6.67. The lowest BCUT2D eigenvalue weighted by molar-refractivity contribution is 0.370. The highest BCUT2D eigenvalue weighted by atomic mass is 16.5. The molecule has 0 saturated carbocycles. The first-order valence-corrected chi connectivity index (χ1v) is 4.68. The van der Waals surface area contributed by atoms with Crippen LogP contribution in [0, 0.1) is 11.8 Å². The third-order valence-corrected chi connectivity index (χ3v) is 1.82. The molecule has 14 heavy (non-hydrogen) atoms. The highest BCUT2D eigenvalue weighted by Gasteiger charge is 1.94. The molecule has 0 fully saturated rings. The minimum absolute atomic E-state index is 0.447. The lowest BCUT2D eigenvalue weighted by Gasteiger charge is -2.04. The Morgan fingerprint density at radius 1 is 1.43 bits per heavy atom. The predicted octanol–water partition coefficient (Wildman–Crippen LogP) is 1.59. The maximum absolute atomic E-state index is 5.47. The summed E-state index contributed by atoms with van der Waals surface area (Å²) < 4.78 is 5.42. The molecule has 1 aromatic rings. The molecule has 0 unspecified atom stereocenters. The maximum atomic E-state index is 5.47. The van der Waals surface area contributed by atoms with Crippen molar-refractivity contribution in [3.8, 4) is 17.6 Å². The van der Waals surface area contributed by atoms with Gasteiger partial charge in [0.15, 0.2) is 0 Å². The fraction of sp³-hybridized carbons (Fsp3) is 0.333. The Kier molecular flexibility index (Phi) is 4.60. The van der Waals surface area contributed by atoms with Crippen LogP contribution in [0.1, 0.15) is 12.5 Å². The molecule has 0 aliphatic carbocycles. The van der Waals surface area contributed by atoms with Crippen LogP contribution in [-0.2, 0) is 6.42 Å². The van der Waals surface area contributed by atoms with Crippen molar-refractivity contribution < 1.29 is 4.74 Å². The Morgan fingerprint density at radius 3 is 3.00 bits per heavy atom. The highest BCUT2D eigenvalue weighted by Crippen LogP contribution is 2.13. The molecule has 2 nitrogen and oxygen atoms in total. The van der Waals surface area contributed by atoms with E-state index in [1.54, 1.807) is 6.92 Å². The van der Waals surface area contributed by atoms with Crippen molar-refractivity contribution in [2.24, 2.45) is 5.73 Å². The molecule has 0 saturated heterocycles. The van der Waals surface area contributed by atoms with Crippen LogP contribution in [0.4, 0.5) is 0 Å². The summed E-state index contributed by atoms with van der Waals surface area (Å²) in [7, 11) is 0. The summed E-state index contributed by atoms with van der Waals surface area (Å²) in [6.45, 7) is 2.91. The van der Waals surface area contributed by atoms with E-state index in [-0.39, 0.29) is 0 Å². The second-order valence-corrected chi connectivity index (χ2v) is 2.90. The molecule has 0 radical (unpaired) electrons. The van der Waals surface area contributed by atoms with Gasteiger partial charge >= 0.3 is 0 Å². The minimum atomic E-state index is 0.447. The fourth-order valence-electron chi connectivity index (χ4n) is 1.15. The molecule has 0 aromatic heterocycles. The van der Waals surface area contributed by atoms with E-state index in [4.69, 9.17) is 10.5 Å². The largest absolute Gasteiger partial charge is 0.481 e. The summed E-state index contributed by atoms with van der Waals surface area (Å²) >= 11 is 0. The number of ether oxygens (including phenoxy) is 1. The van der Waals surface area contributed by atoms with Crippen LogP contribution in [0.15, 0.2) is 24.3 Å². The molecule has 0 heterocycles. The van der Waals surface area contributed by atoms with Crippen LogP contribution < -0.4 is 10.5 Å². The fourth-order valence-corrected chi connectivity index (χ4v) is 1.15. The molecular weight excluding hydrogens is 174 g/mol. The van der Waals surface area contributed by atoms with E-state index >= 15 is 0 Å². The second kappa shape index (κ2) is 6.06. The number of hydrogen-bond donors (Lipinski definition) is 1. The smallest absolute Gasteiger partial charge is 0.149 e. The Labute approximate surface area is 85.1 Å². The summed E-state index contributed by atoms with van der Waals surface area (Å²) in [5, 5.41) is 0. The minimum Gasteiger partial charge on any atom is -0.481 e. The van der Waals surface area contributed by atoms with Crippen LogP contribution in [0.3, 0.4) is 0 Å². The number of hydrogen-bond acceptors (Lipinski definition) is 2. The van der Waals surface area contributed by atoms with E-state index in [2.05, 4.69) is 11.8 Å². The zero-order valence-electron chi connectivity index (χ0n) is 8.42. The van der Waals surface area contributed by atoms with E-state index in [1.807, 2.05) is 24.3 Å². The van der Waals surface area contributed by atoms with Crippen LogP contribution in [0.2, 0.25) is 0 Å². The van der Waals surface area contributed by atoms with E-state index in [0.29, 0.717) is 13.2 Å². The Bertz CT molecular complexity index is 336. The molecule has 2 heteroatoms. The average molecular weight is 189 g/mol.